The van der Waals surface area contributed by atoms with Gasteiger partial charge in [0.1, 0.15) is 5.82 Å². The molecule has 1 aromatic rings. The van der Waals surface area contributed by atoms with E-state index in [2.05, 4.69) is 5.32 Å². The molecule has 2 rings (SSSR count). The topological polar surface area (TPSA) is 29.1 Å². The number of halogens is 4. The van der Waals surface area contributed by atoms with Crippen LogP contribution >= 0.6 is 0 Å². The highest BCUT2D eigenvalue weighted by molar-refractivity contribution is 5.48. The van der Waals surface area contributed by atoms with Crippen molar-refractivity contribution in [2.24, 2.45) is 5.92 Å². The zero-order valence-electron chi connectivity index (χ0n) is 9.30. The van der Waals surface area contributed by atoms with Gasteiger partial charge in [0.15, 0.2) is 0 Å². The first-order valence-corrected chi connectivity index (χ1v) is 5.50. The summed E-state index contributed by atoms with van der Waals surface area (Å²) in [6.07, 6.45) is -2.44. The SMILES string of the molecule is O=CNC(c1ccc(C(F)(F)F)cc1F)C1CC1. The highest BCUT2D eigenvalue weighted by Crippen LogP contribution is 2.42. The van der Waals surface area contributed by atoms with E-state index in [0.29, 0.717) is 12.5 Å². The van der Waals surface area contributed by atoms with Crippen molar-refractivity contribution in [3.05, 3.63) is 35.1 Å². The lowest BCUT2D eigenvalue weighted by molar-refractivity contribution is -0.137. The number of carbonyl (C=O) groups is 1. The van der Waals surface area contributed by atoms with Gasteiger partial charge in [0.05, 0.1) is 11.6 Å². The second kappa shape index (κ2) is 4.59. The highest BCUT2D eigenvalue weighted by Gasteiger charge is 2.36. The van der Waals surface area contributed by atoms with Gasteiger partial charge in [0.25, 0.3) is 0 Å². The smallest absolute Gasteiger partial charge is 0.351 e. The molecule has 0 aliphatic heterocycles. The van der Waals surface area contributed by atoms with Crippen molar-refractivity contribution in [1.29, 1.82) is 0 Å². The first-order valence-electron chi connectivity index (χ1n) is 5.50. The molecule has 0 bridgehead atoms. The molecule has 2 nitrogen and oxygen atoms in total. The molecule has 1 aliphatic rings. The minimum Gasteiger partial charge on any atom is -0.351 e. The van der Waals surface area contributed by atoms with E-state index >= 15 is 0 Å². The van der Waals surface area contributed by atoms with Crippen LogP contribution in [0.5, 0.6) is 0 Å². The molecule has 1 unspecified atom stereocenters. The van der Waals surface area contributed by atoms with Crippen LogP contribution in [0.2, 0.25) is 0 Å². The van der Waals surface area contributed by atoms with Gasteiger partial charge in [0, 0.05) is 5.56 Å². The molecule has 1 saturated carbocycles. The van der Waals surface area contributed by atoms with Gasteiger partial charge in [-0.05, 0) is 30.9 Å². The van der Waals surface area contributed by atoms with E-state index in [1.165, 1.54) is 0 Å². The van der Waals surface area contributed by atoms with Crippen molar-refractivity contribution in [3.8, 4) is 0 Å². The number of rotatable bonds is 4. The molecule has 1 amide bonds. The normalized spacial score (nSPS) is 17.3. The van der Waals surface area contributed by atoms with E-state index in [1.807, 2.05) is 0 Å². The Bertz CT molecular complexity index is 454. The second-order valence-corrected chi connectivity index (χ2v) is 4.33. The van der Waals surface area contributed by atoms with E-state index in [4.69, 9.17) is 0 Å². The van der Waals surface area contributed by atoms with E-state index in [9.17, 15) is 22.4 Å². The maximum atomic E-state index is 13.7. The van der Waals surface area contributed by atoms with Gasteiger partial charge in [-0.2, -0.15) is 13.2 Å². The number of hydrogen-bond donors (Lipinski definition) is 1. The fraction of sp³-hybridized carbons (Fsp3) is 0.417. The quantitative estimate of drug-likeness (QED) is 0.655. The third-order valence-electron chi connectivity index (χ3n) is 3.00. The van der Waals surface area contributed by atoms with E-state index in [1.54, 1.807) is 0 Å². The summed E-state index contributed by atoms with van der Waals surface area (Å²) in [6, 6.07) is 1.86. The minimum absolute atomic E-state index is 0.109. The second-order valence-electron chi connectivity index (χ2n) is 4.33. The standard InChI is InChI=1S/C12H11F4NO/c13-10-5-8(12(14,15)16)3-4-9(10)11(17-6-18)7-1-2-7/h3-7,11H,1-2H2,(H,17,18). The number of benzene rings is 1. The van der Waals surface area contributed by atoms with Gasteiger partial charge in [-0.1, -0.05) is 6.07 Å². The predicted octanol–water partition coefficient (Wildman–Crippen LogP) is 3.04. The largest absolute Gasteiger partial charge is 0.416 e. The number of nitrogens with one attached hydrogen (secondary N) is 1. The Morgan fingerprint density at radius 2 is 2.00 bits per heavy atom. The van der Waals surface area contributed by atoms with Gasteiger partial charge in [-0.15, -0.1) is 0 Å². The fourth-order valence-electron chi connectivity index (χ4n) is 1.94. The third-order valence-corrected chi connectivity index (χ3v) is 3.00. The maximum absolute atomic E-state index is 13.7. The number of alkyl halides is 3. The molecular formula is C12H11F4NO. The van der Waals surface area contributed by atoms with Crippen LogP contribution in [-0.4, -0.2) is 6.41 Å². The maximum Gasteiger partial charge on any atom is 0.416 e. The van der Waals surface area contributed by atoms with Crippen molar-refractivity contribution in [2.45, 2.75) is 25.1 Å². The Balaban J connectivity index is 2.30. The number of carbonyl (C=O) groups excluding carboxylic acids is 1. The molecule has 0 saturated heterocycles. The van der Waals surface area contributed by atoms with Gasteiger partial charge in [-0.25, -0.2) is 4.39 Å². The molecule has 6 heteroatoms. The molecule has 98 valence electrons. The fourth-order valence-corrected chi connectivity index (χ4v) is 1.94. The molecule has 0 radical (unpaired) electrons. The van der Waals surface area contributed by atoms with E-state index in [0.717, 1.165) is 25.0 Å². The molecule has 1 atom stereocenters. The van der Waals surface area contributed by atoms with Crippen molar-refractivity contribution in [3.63, 3.8) is 0 Å². The van der Waals surface area contributed by atoms with Crippen LogP contribution in [0.1, 0.15) is 30.0 Å². The Kier molecular flexibility index (Phi) is 3.28. The van der Waals surface area contributed by atoms with Crippen molar-refractivity contribution >= 4 is 6.41 Å². The van der Waals surface area contributed by atoms with Crippen molar-refractivity contribution in [2.75, 3.05) is 0 Å². The lowest BCUT2D eigenvalue weighted by Crippen LogP contribution is -2.22. The predicted molar refractivity (Wildman–Crippen MR) is 56.1 cm³/mol. The van der Waals surface area contributed by atoms with Gasteiger partial charge in [0.2, 0.25) is 6.41 Å². The summed E-state index contributed by atoms with van der Waals surface area (Å²) in [5.74, 6) is -0.822. The lowest BCUT2D eigenvalue weighted by atomic mass is 10.00. The molecule has 1 aliphatic carbocycles. The minimum atomic E-state index is -4.56. The molecule has 1 fully saturated rings. The lowest BCUT2D eigenvalue weighted by Gasteiger charge is -2.17. The summed E-state index contributed by atoms with van der Waals surface area (Å²) in [5, 5.41) is 2.46. The van der Waals surface area contributed by atoms with Crippen LogP contribution in [0.4, 0.5) is 17.6 Å². The summed E-state index contributed by atoms with van der Waals surface area (Å²) in [4.78, 5) is 10.4. The molecule has 1 aromatic carbocycles. The molecule has 0 aromatic heterocycles. The van der Waals surface area contributed by atoms with Crippen LogP contribution < -0.4 is 5.32 Å². The molecule has 0 heterocycles. The summed E-state index contributed by atoms with van der Waals surface area (Å²) >= 11 is 0. The third kappa shape index (κ3) is 2.63. The van der Waals surface area contributed by atoms with Crippen LogP contribution in [0, 0.1) is 11.7 Å². The summed E-state index contributed by atoms with van der Waals surface area (Å²) in [5.41, 5.74) is -0.915. The Morgan fingerprint density at radius 3 is 2.44 bits per heavy atom. The van der Waals surface area contributed by atoms with Crippen molar-refractivity contribution < 1.29 is 22.4 Å². The molecule has 1 N–H and O–H groups in total. The number of amides is 1. The van der Waals surface area contributed by atoms with Crippen LogP contribution in [-0.2, 0) is 11.0 Å². The monoisotopic (exact) mass is 261 g/mol. The summed E-state index contributed by atoms with van der Waals surface area (Å²) in [7, 11) is 0. The van der Waals surface area contributed by atoms with E-state index in [-0.39, 0.29) is 11.5 Å². The average molecular weight is 261 g/mol. The van der Waals surface area contributed by atoms with Gasteiger partial charge >= 0.3 is 6.18 Å². The Morgan fingerprint density at radius 1 is 1.33 bits per heavy atom. The Labute approximate surface area is 101 Å². The zero-order valence-corrected chi connectivity index (χ0v) is 9.30. The van der Waals surface area contributed by atoms with Crippen LogP contribution in [0.25, 0.3) is 0 Å². The first-order chi connectivity index (χ1) is 8.43. The first kappa shape index (κ1) is 12.9. The molecular weight excluding hydrogens is 250 g/mol. The molecule has 18 heavy (non-hydrogen) atoms. The van der Waals surface area contributed by atoms with E-state index < -0.39 is 23.6 Å². The summed E-state index contributed by atoms with van der Waals surface area (Å²) < 4.78 is 50.8. The van der Waals surface area contributed by atoms with Crippen molar-refractivity contribution in [1.82, 2.24) is 5.32 Å². The number of hydrogen-bond acceptors (Lipinski definition) is 1. The Hall–Kier alpha value is -1.59. The van der Waals surface area contributed by atoms with Gasteiger partial charge in [-0.3, -0.25) is 4.79 Å². The summed E-state index contributed by atoms with van der Waals surface area (Å²) in [6.45, 7) is 0. The average Bonchev–Trinajstić information content (AvgIpc) is 3.09. The van der Waals surface area contributed by atoms with Gasteiger partial charge < -0.3 is 5.32 Å². The zero-order chi connectivity index (χ0) is 13.3. The highest BCUT2D eigenvalue weighted by atomic mass is 19.4. The molecule has 0 spiro atoms. The van der Waals surface area contributed by atoms with Crippen LogP contribution in [0.15, 0.2) is 18.2 Å². The van der Waals surface area contributed by atoms with Crippen LogP contribution in [0.3, 0.4) is 0 Å².